The molecule has 6 heteroatoms. The van der Waals surface area contributed by atoms with E-state index in [0.29, 0.717) is 17.0 Å². The van der Waals surface area contributed by atoms with E-state index in [0.717, 1.165) is 11.1 Å². The second-order valence-electron chi connectivity index (χ2n) is 5.95. The number of esters is 1. The predicted octanol–water partition coefficient (Wildman–Crippen LogP) is 3.93. The lowest BCUT2D eigenvalue weighted by molar-refractivity contribution is -0.136. The van der Waals surface area contributed by atoms with Crippen molar-refractivity contribution >= 4 is 29.3 Å². The van der Waals surface area contributed by atoms with E-state index in [-0.39, 0.29) is 11.9 Å². The Balaban J connectivity index is 2.17. The highest BCUT2D eigenvalue weighted by Crippen LogP contribution is 2.34. The Morgan fingerprint density at radius 1 is 1.15 bits per heavy atom. The minimum absolute atomic E-state index is 0.00490. The molecule has 1 N–H and O–H groups in total. The van der Waals surface area contributed by atoms with Crippen molar-refractivity contribution in [1.82, 2.24) is 5.32 Å². The molecule has 0 bridgehead atoms. The topological polar surface area (TPSA) is 58.6 Å². The number of alkyl halides is 1. The van der Waals surface area contributed by atoms with Gasteiger partial charge >= 0.3 is 12.0 Å². The van der Waals surface area contributed by atoms with Crippen LogP contribution in [0, 0.1) is 6.92 Å². The molecule has 0 fully saturated rings. The molecule has 2 aromatic carbocycles. The average molecular weight is 371 g/mol. The summed E-state index contributed by atoms with van der Waals surface area (Å²) < 4.78 is 4.98. The third-order valence-corrected chi connectivity index (χ3v) is 4.55. The second-order valence-corrected chi connectivity index (χ2v) is 6.22. The van der Waals surface area contributed by atoms with E-state index in [1.165, 1.54) is 12.0 Å². The third-order valence-electron chi connectivity index (χ3n) is 4.30. The minimum Gasteiger partial charge on any atom is -0.466 e. The molecule has 134 valence electrons. The molecule has 26 heavy (non-hydrogen) atoms. The molecule has 0 saturated heterocycles. The molecule has 0 unspecified atom stereocenters. The van der Waals surface area contributed by atoms with Crippen molar-refractivity contribution in [2.45, 2.75) is 13.0 Å². The first kappa shape index (κ1) is 18.0. The molecular formula is C20H19ClN2O3. The third kappa shape index (κ3) is 3.30. The van der Waals surface area contributed by atoms with Gasteiger partial charge in [0.2, 0.25) is 0 Å². The molecule has 1 aliphatic rings. The minimum atomic E-state index is -0.619. The quantitative estimate of drug-likeness (QED) is 0.655. The van der Waals surface area contributed by atoms with Gasteiger partial charge in [-0.05, 0) is 24.6 Å². The number of hydrogen-bond donors (Lipinski definition) is 1. The van der Waals surface area contributed by atoms with Gasteiger partial charge in [0.1, 0.15) is 0 Å². The van der Waals surface area contributed by atoms with E-state index < -0.39 is 12.0 Å². The van der Waals surface area contributed by atoms with Gasteiger partial charge in [-0.15, -0.1) is 11.6 Å². The first-order valence-corrected chi connectivity index (χ1v) is 8.69. The van der Waals surface area contributed by atoms with Gasteiger partial charge in [0, 0.05) is 0 Å². The Morgan fingerprint density at radius 2 is 1.81 bits per heavy atom. The molecule has 0 radical (unpaired) electrons. The Morgan fingerprint density at radius 3 is 2.38 bits per heavy atom. The largest absolute Gasteiger partial charge is 0.466 e. The first-order valence-electron chi connectivity index (χ1n) is 8.16. The van der Waals surface area contributed by atoms with Crippen molar-refractivity contribution in [3.63, 3.8) is 0 Å². The average Bonchev–Trinajstić information content (AvgIpc) is 2.68. The summed E-state index contributed by atoms with van der Waals surface area (Å²) in [6, 6.07) is 15.7. The number of ether oxygens (including phenoxy) is 1. The molecule has 1 heterocycles. The molecule has 5 nitrogen and oxygen atoms in total. The fourth-order valence-corrected chi connectivity index (χ4v) is 3.27. The number of benzene rings is 2. The van der Waals surface area contributed by atoms with Crippen LogP contribution in [0.1, 0.15) is 17.2 Å². The maximum atomic E-state index is 12.9. The van der Waals surface area contributed by atoms with Gasteiger partial charge in [-0.3, -0.25) is 4.90 Å². The van der Waals surface area contributed by atoms with Gasteiger partial charge in [0.05, 0.1) is 36.0 Å². The number of allylic oxidation sites excluding steroid dienone is 1. The van der Waals surface area contributed by atoms with Crippen LogP contribution in [0.4, 0.5) is 10.5 Å². The van der Waals surface area contributed by atoms with Crippen molar-refractivity contribution in [3.8, 4) is 0 Å². The van der Waals surface area contributed by atoms with E-state index in [9.17, 15) is 9.59 Å². The van der Waals surface area contributed by atoms with Crippen LogP contribution in [-0.2, 0) is 9.53 Å². The van der Waals surface area contributed by atoms with Crippen molar-refractivity contribution in [3.05, 3.63) is 77.0 Å². The van der Waals surface area contributed by atoms with Gasteiger partial charge in [0.15, 0.2) is 0 Å². The Kier molecular flexibility index (Phi) is 5.28. The number of methoxy groups -OCH3 is 1. The van der Waals surface area contributed by atoms with Gasteiger partial charge in [-0.1, -0.05) is 48.0 Å². The lowest BCUT2D eigenvalue weighted by Crippen LogP contribution is -2.49. The number of rotatable bonds is 4. The molecule has 2 aromatic rings. The monoisotopic (exact) mass is 370 g/mol. The number of carbonyl (C=O) groups excluding carboxylic acids is 2. The number of anilines is 1. The van der Waals surface area contributed by atoms with Crippen LogP contribution in [0.2, 0.25) is 0 Å². The Bertz CT molecular complexity index is 847. The number of urea groups is 1. The molecule has 2 amide bonds. The number of carbonyl (C=O) groups is 2. The highest BCUT2D eigenvalue weighted by Gasteiger charge is 2.38. The maximum absolute atomic E-state index is 12.9. The summed E-state index contributed by atoms with van der Waals surface area (Å²) >= 11 is 6.18. The highest BCUT2D eigenvalue weighted by molar-refractivity contribution is 6.21. The van der Waals surface area contributed by atoms with Crippen molar-refractivity contribution in [2.24, 2.45) is 0 Å². The van der Waals surface area contributed by atoms with Crippen LogP contribution in [0.5, 0.6) is 0 Å². The zero-order valence-corrected chi connectivity index (χ0v) is 15.3. The summed E-state index contributed by atoms with van der Waals surface area (Å²) in [5, 5.41) is 2.90. The zero-order chi connectivity index (χ0) is 18.7. The van der Waals surface area contributed by atoms with Crippen LogP contribution >= 0.6 is 11.6 Å². The number of amides is 2. The maximum Gasteiger partial charge on any atom is 0.338 e. The Labute approximate surface area is 157 Å². The number of nitrogens with zero attached hydrogens (tertiary/aromatic N) is 1. The summed E-state index contributed by atoms with van der Waals surface area (Å²) in [7, 11) is 1.32. The standard InChI is InChI=1S/C20H19ClN2O3/c1-13-8-10-15(11-9-13)23-16(12-21)17(19(24)26-2)18(22-20(23)25)14-6-4-3-5-7-14/h3-11,18H,12H2,1-2H3,(H,22,25)/t18-/m1/s1. The molecule has 1 aliphatic heterocycles. The summed E-state index contributed by atoms with van der Waals surface area (Å²) in [5.41, 5.74) is 3.23. The molecule has 3 rings (SSSR count). The normalized spacial score (nSPS) is 17.1. The second kappa shape index (κ2) is 7.62. The summed E-state index contributed by atoms with van der Waals surface area (Å²) in [5.74, 6) is -0.527. The highest BCUT2D eigenvalue weighted by atomic mass is 35.5. The SMILES string of the molecule is COC(=O)C1=C(CCl)N(c2ccc(C)cc2)C(=O)N[C@@H]1c1ccccc1. The van der Waals surface area contributed by atoms with E-state index in [1.54, 1.807) is 0 Å². The molecule has 0 spiro atoms. The summed E-state index contributed by atoms with van der Waals surface area (Å²) in [6.45, 7) is 1.96. The van der Waals surface area contributed by atoms with Crippen molar-refractivity contribution < 1.29 is 14.3 Å². The lowest BCUT2D eigenvalue weighted by Gasteiger charge is -2.36. The van der Waals surface area contributed by atoms with Crippen LogP contribution in [-0.4, -0.2) is 25.0 Å². The first-order chi connectivity index (χ1) is 12.6. The zero-order valence-electron chi connectivity index (χ0n) is 14.5. The van der Waals surface area contributed by atoms with E-state index in [4.69, 9.17) is 16.3 Å². The van der Waals surface area contributed by atoms with Crippen LogP contribution < -0.4 is 10.2 Å². The summed E-state index contributed by atoms with van der Waals surface area (Å²) in [6.07, 6.45) is 0. The van der Waals surface area contributed by atoms with Crippen LogP contribution in [0.3, 0.4) is 0 Å². The van der Waals surface area contributed by atoms with E-state index >= 15 is 0 Å². The molecule has 0 saturated carbocycles. The molecule has 0 aromatic heterocycles. The number of hydrogen-bond acceptors (Lipinski definition) is 3. The predicted molar refractivity (Wildman–Crippen MR) is 101 cm³/mol. The lowest BCUT2D eigenvalue weighted by atomic mass is 9.94. The van der Waals surface area contributed by atoms with Crippen molar-refractivity contribution in [2.75, 3.05) is 17.9 Å². The van der Waals surface area contributed by atoms with Gasteiger partial charge in [-0.2, -0.15) is 0 Å². The van der Waals surface area contributed by atoms with Crippen molar-refractivity contribution in [1.29, 1.82) is 0 Å². The van der Waals surface area contributed by atoms with Gasteiger partial charge < -0.3 is 10.1 Å². The smallest absolute Gasteiger partial charge is 0.338 e. The van der Waals surface area contributed by atoms with Gasteiger partial charge in [0.25, 0.3) is 0 Å². The molecule has 0 aliphatic carbocycles. The van der Waals surface area contributed by atoms with Gasteiger partial charge in [-0.25, -0.2) is 9.59 Å². The van der Waals surface area contributed by atoms with E-state index in [2.05, 4.69) is 5.32 Å². The summed E-state index contributed by atoms with van der Waals surface area (Å²) in [4.78, 5) is 26.8. The number of halogens is 1. The fourth-order valence-electron chi connectivity index (χ4n) is 3.01. The fraction of sp³-hybridized carbons (Fsp3) is 0.200. The molecule has 1 atom stereocenters. The van der Waals surface area contributed by atoms with Crippen LogP contribution in [0.25, 0.3) is 0 Å². The van der Waals surface area contributed by atoms with Crippen LogP contribution in [0.15, 0.2) is 65.9 Å². The number of aryl methyl sites for hydroxylation is 1. The number of nitrogens with one attached hydrogen (secondary N) is 1. The molecular weight excluding hydrogens is 352 g/mol. The Hall–Kier alpha value is -2.79. The van der Waals surface area contributed by atoms with E-state index in [1.807, 2.05) is 61.5 Å².